The lowest BCUT2D eigenvalue weighted by atomic mass is 10.0. The summed E-state index contributed by atoms with van der Waals surface area (Å²) in [6.07, 6.45) is 4.70. The maximum Gasteiger partial charge on any atom is 0.236 e. The maximum atomic E-state index is 12.0. The van der Waals surface area contributed by atoms with E-state index in [9.17, 15) is 4.79 Å². The molecule has 1 N–H and O–H groups in total. The van der Waals surface area contributed by atoms with Gasteiger partial charge in [0.25, 0.3) is 0 Å². The van der Waals surface area contributed by atoms with E-state index >= 15 is 0 Å². The van der Waals surface area contributed by atoms with E-state index in [1.54, 1.807) is 0 Å². The smallest absolute Gasteiger partial charge is 0.236 e. The summed E-state index contributed by atoms with van der Waals surface area (Å²) in [7, 11) is 0. The van der Waals surface area contributed by atoms with Gasteiger partial charge in [0.2, 0.25) is 5.91 Å². The van der Waals surface area contributed by atoms with E-state index in [-0.39, 0.29) is 5.91 Å². The van der Waals surface area contributed by atoms with Gasteiger partial charge in [-0.3, -0.25) is 4.79 Å². The van der Waals surface area contributed by atoms with Gasteiger partial charge in [-0.15, -0.1) is 0 Å². The zero-order chi connectivity index (χ0) is 15.1. The molecule has 0 bridgehead atoms. The summed E-state index contributed by atoms with van der Waals surface area (Å²) in [5.74, 6) is 0.933. The number of likely N-dealkylation sites (tertiary alicyclic amines) is 1. The van der Waals surface area contributed by atoms with Crippen molar-refractivity contribution in [3.63, 3.8) is 0 Å². The van der Waals surface area contributed by atoms with Crippen LogP contribution in [0.4, 0.5) is 0 Å². The zero-order valence-electron chi connectivity index (χ0n) is 13.4. The molecule has 2 rings (SSSR count). The lowest BCUT2D eigenvalue weighted by Gasteiger charge is -2.26. The van der Waals surface area contributed by atoms with Gasteiger partial charge in [-0.2, -0.15) is 0 Å². The highest BCUT2D eigenvalue weighted by Gasteiger charge is 2.15. The van der Waals surface area contributed by atoms with Crippen LogP contribution >= 0.6 is 0 Å². The maximum absolute atomic E-state index is 12.0. The Labute approximate surface area is 128 Å². The lowest BCUT2D eigenvalue weighted by molar-refractivity contribution is -0.131. The summed E-state index contributed by atoms with van der Waals surface area (Å²) in [6.45, 7) is 7.56. The van der Waals surface area contributed by atoms with Gasteiger partial charge < -0.3 is 10.2 Å². The third-order valence-electron chi connectivity index (χ3n) is 3.98. The Kier molecular flexibility index (Phi) is 6.24. The number of rotatable bonds is 6. The van der Waals surface area contributed by atoms with Crippen molar-refractivity contribution >= 4 is 5.91 Å². The Balaban J connectivity index is 1.71. The van der Waals surface area contributed by atoms with Crippen LogP contribution in [0, 0.1) is 5.92 Å². The van der Waals surface area contributed by atoms with Crippen LogP contribution in [0.3, 0.4) is 0 Å². The lowest BCUT2D eigenvalue weighted by Crippen LogP contribution is -2.40. The first-order valence-corrected chi connectivity index (χ1v) is 8.21. The topological polar surface area (TPSA) is 32.3 Å². The van der Waals surface area contributed by atoms with Gasteiger partial charge in [-0.25, -0.2) is 0 Å². The Morgan fingerprint density at radius 2 is 1.71 bits per heavy atom. The van der Waals surface area contributed by atoms with E-state index in [0.717, 1.165) is 38.9 Å². The van der Waals surface area contributed by atoms with E-state index in [2.05, 4.69) is 43.4 Å². The number of amides is 1. The Bertz CT molecular complexity index is 433. The van der Waals surface area contributed by atoms with Crippen molar-refractivity contribution in [1.82, 2.24) is 10.2 Å². The van der Waals surface area contributed by atoms with Crippen molar-refractivity contribution in [3.8, 4) is 0 Å². The van der Waals surface area contributed by atoms with E-state index in [0.29, 0.717) is 12.5 Å². The van der Waals surface area contributed by atoms with Crippen molar-refractivity contribution in [2.24, 2.45) is 5.92 Å². The van der Waals surface area contributed by atoms with Crippen molar-refractivity contribution in [2.75, 3.05) is 19.6 Å². The SMILES string of the molecule is CC(C)Cc1ccc(CNCC(=O)N2CCCCC2)cc1. The summed E-state index contributed by atoms with van der Waals surface area (Å²) in [5, 5.41) is 3.27. The molecule has 1 amide bonds. The van der Waals surface area contributed by atoms with Crippen LogP contribution in [0.2, 0.25) is 0 Å². The molecule has 1 saturated heterocycles. The van der Waals surface area contributed by atoms with Crippen LogP contribution < -0.4 is 5.32 Å². The van der Waals surface area contributed by atoms with Crippen molar-refractivity contribution in [3.05, 3.63) is 35.4 Å². The van der Waals surface area contributed by atoms with Crippen LogP contribution in [-0.4, -0.2) is 30.4 Å². The van der Waals surface area contributed by atoms with Crippen LogP contribution in [0.1, 0.15) is 44.2 Å². The number of benzene rings is 1. The summed E-state index contributed by atoms with van der Waals surface area (Å²) >= 11 is 0. The minimum absolute atomic E-state index is 0.242. The Hall–Kier alpha value is -1.35. The van der Waals surface area contributed by atoms with Crippen molar-refractivity contribution in [1.29, 1.82) is 0 Å². The van der Waals surface area contributed by atoms with Crippen LogP contribution in [-0.2, 0) is 17.8 Å². The molecule has 1 aliphatic rings. The minimum atomic E-state index is 0.242. The fraction of sp³-hybridized carbons (Fsp3) is 0.611. The van der Waals surface area contributed by atoms with E-state index in [1.165, 1.54) is 17.5 Å². The first kappa shape index (κ1) is 16.0. The first-order chi connectivity index (χ1) is 10.1. The molecular weight excluding hydrogens is 260 g/mol. The molecule has 3 nitrogen and oxygen atoms in total. The van der Waals surface area contributed by atoms with Gasteiger partial charge in [-0.1, -0.05) is 38.1 Å². The molecule has 3 heteroatoms. The molecular formula is C18H28N2O. The molecule has 0 aromatic heterocycles. The number of hydrogen-bond acceptors (Lipinski definition) is 2. The fourth-order valence-electron chi connectivity index (χ4n) is 2.83. The van der Waals surface area contributed by atoms with Crippen molar-refractivity contribution in [2.45, 2.75) is 46.1 Å². The fourth-order valence-corrected chi connectivity index (χ4v) is 2.83. The summed E-state index contributed by atoms with van der Waals surface area (Å²) in [5.41, 5.74) is 2.63. The van der Waals surface area contributed by atoms with Crippen LogP contribution in [0.25, 0.3) is 0 Å². The standard InChI is InChI=1S/C18H28N2O/c1-15(2)12-16-6-8-17(9-7-16)13-19-14-18(21)20-10-4-3-5-11-20/h6-9,15,19H,3-5,10-14H2,1-2H3. The molecule has 116 valence electrons. The number of piperidine rings is 1. The van der Waals surface area contributed by atoms with E-state index < -0.39 is 0 Å². The molecule has 1 aromatic rings. The largest absolute Gasteiger partial charge is 0.342 e. The van der Waals surface area contributed by atoms with Gasteiger partial charge in [0.05, 0.1) is 6.54 Å². The number of carbonyl (C=O) groups is 1. The second-order valence-electron chi connectivity index (χ2n) is 6.46. The second-order valence-corrected chi connectivity index (χ2v) is 6.46. The highest BCUT2D eigenvalue weighted by Crippen LogP contribution is 2.10. The average Bonchev–Trinajstić information content (AvgIpc) is 2.49. The molecule has 0 saturated carbocycles. The quantitative estimate of drug-likeness (QED) is 0.873. The zero-order valence-corrected chi connectivity index (χ0v) is 13.4. The Morgan fingerprint density at radius 3 is 2.33 bits per heavy atom. The van der Waals surface area contributed by atoms with Crippen LogP contribution in [0.15, 0.2) is 24.3 Å². The molecule has 21 heavy (non-hydrogen) atoms. The molecule has 0 aliphatic carbocycles. The van der Waals surface area contributed by atoms with Gasteiger partial charge in [0.15, 0.2) is 0 Å². The van der Waals surface area contributed by atoms with Gasteiger partial charge >= 0.3 is 0 Å². The highest BCUT2D eigenvalue weighted by atomic mass is 16.2. The predicted octanol–water partition coefficient (Wildman–Crippen LogP) is 2.99. The third kappa shape index (κ3) is 5.50. The molecule has 0 spiro atoms. The number of nitrogens with one attached hydrogen (secondary N) is 1. The number of hydrogen-bond donors (Lipinski definition) is 1. The molecule has 1 heterocycles. The molecule has 1 fully saturated rings. The number of carbonyl (C=O) groups excluding carboxylic acids is 1. The average molecular weight is 288 g/mol. The monoisotopic (exact) mass is 288 g/mol. The van der Waals surface area contributed by atoms with Gasteiger partial charge in [-0.05, 0) is 42.7 Å². The minimum Gasteiger partial charge on any atom is -0.342 e. The first-order valence-electron chi connectivity index (χ1n) is 8.21. The second kappa shape index (κ2) is 8.18. The van der Waals surface area contributed by atoms with E-state index in [1.807, 2.05) is 4.90 Å². The van der Waals surface area contributed by atoms with Crippen molar-refractivity contribution < 1.29 is 4.79 Å². The molecule has 1 aromatic carbocycles. The van der Waals surface area contributed by atoms with E-state index in [4.69, 9.17) is 0 Å². The highest BCUT2D eigenvalue weighted by molar-refractivity contribution is 5.78. The van der Waals surface area contributed by atoms with Gasteiger partial charge in [0, 0.05) is 19.6 Å². The molecule has 0 radical (unpaired) electrons. The summed E-state index contributed by atoms with van der Waals surface area (Å²) < 4.78 is 0. The normalized spacial score (nSPS) is 15.5. The summed E-state index contributed by atoms with van der Waals surface area (Å²) in [6, 6.07) is 8.72. The number of nitrogens with zero attached hydrogens (tertiary/aromatic N) is 1. The molecule has 0 atom stereocenters. The van der Waals surface area contributed by atoms with Gasteiger partial charge in [0.1, 0.15) is 0 Å². The molecule has 0 unspecified atom stereocenters. The van der Waals surface area contributed by atoms with Crippen LogP contribution in [0.5, 0.6) is 0 Å². The Morgan fingerprint density at radius 1 is 1.10 bits per heavy atom. The third-order valence-corrected chi connectivity index (χ3v) is 3.98. The molecule has 1 aliphatic heterocycles. The summed E-state index contributed by atoms with van der Waals surface area (Å²) in [4.78, 5) is 14.0. The predicted molar refractivity (Wildman–Crippen MR) is 87.1 cm³/mol.